The second kappa shape index (κ2) is 6.49. The van der Waals surface area contributed by atoms with Crippen molar-refractivity contribution in [3.05, 3.63) is 35.3 Å². The zero-order chi connectivity index (χ0) is 15.4. The zero-order valence-corrected chi connectivity index (χ0v) is 11.9. The van der Waals surface area contributed by atoms with Crippen LogP contribution in [-0.4, -0.2) is 35.8 Å². The molecule has 0 spiro atoms. The smallest absolute Gasteiger partial charge is 0.341 e. The second-order valence-corrected chi connectivity index (χ2v) is 4.51. The predicted molar refractivity (Wildman–Crippen MR) is 78.0 cm³/mol. The number of carbonyl (C=O) groups excluding carboxylic acids is 1. The third-order valence-corrected chi connectivity index (χ3v) is 3.08. The Labute approximate surface area is 121 Å². The van der Waals surface area contributed by atoms with E-state index in [1.165, 1.54) is 12.3 Å². The average Bonchev–Trinajstić information content (AvgIpc) is 2.48. The van der Waals surface area contributed by atoms with E-state index in [1.807, 2.05) is 6.92 Å². The number of anilines is 1. The molecule has 0 radical (unpaired) electrons. The summed E-state index contributed by atoms with van der Waals surface area (Å²) in [4.78, 5) is 16.2. The fourth-order valence-electron chi connectivity index (χ4n) is 2.13. The lowest BCUT2D eigenvalue weighted by Crippen LogP contribution is -2.14. The number of aryl methyl sites for hydroxylation is 1. The molecule has 0 bridgehead atoms. The topological polar surface area (TPSA) is 71.5 Å². The monoisotopic (exact) mass is 292 g/mol. The zero-order valence-electron chi connectivity index (χ0n) is 11.9. The van der Waals surface area contributed by atoms with Gasteiger partial charge in [0.1, 0.15) is 11.4 Å². The number of pyridine rings is 1. The molecule has 0 aliphatic heterocycles. The Kier molecular flexibility index (Phi) is 4.70. The number of nitrogens with one attached hydrogen (secondary N) is 1. The largest absolute Gasteiger partial charge is 0.462 e. The number of nitrogens with zero attached hydrogens (tertiary/aromatic N) is 1. The van der Waals surface area contributed by atoms with Gasteiger partial charge in [-0.15, -0.1) is 0 Å². The molecule has 0 aliphatic carbocycles. The number of aliphatic hydroxyl groups excluding tert-OH is 1. The van der Waals surface area contributed by atoms with Crippen LogP contribution in [0.15, 0.2) is 18.3 Å². The highest BCUT2D eigenvalue weighted by atomic mass is 19.1. The highest BCUT2D eigenvalue weighted by molar-refractivity contribution is 6.05. The van der Waals surface area contributed by atoms with Crippen LogP contribution in [0.4, 0.5) is 10.1 Å². The van der Waals surface area contributed by atoms with E-state index in [4.69, 9.17) is 9.84 Å². The van der Waals surface area contributed by atoms with Crippen molar-refractivity contribution in [2.45, 2.75) is 13.8 Å². The lowest BCUT2D eigenvalue weighted by atomic mass is 10.1. The van der Waals surface area contributed by atoms with Gasteiger partial charge in [0.25, 0.3) is 0 Å². The number of hydrogen-bond donors (Lipinski definition) is 2. The van der Waals surface area contributed by atoms with Crippen LogP contribution in [0.25, 0.3) is 10.9 Å². The highest BCUT2D eigenvalue weighted by Crippen LogP contribution is 2.30. The van der Waals surface area contributed by atoms with Crippen LogP contribution in [0.1, 0.15) is 22.8 Å². The van der Waals surface area contributed by atoms with Gasteiger partial charge in [0.15, 0.2) is 0 Å². The summed E-state index contributed by atoms with van der Waals surface area (Å²) < 4.78 is 19.2. The van der Waals surface area contributed by atoms with E-state index in [2.05, 4.69) is 10.3 Å². The molecule has 1 aromatic heterocycles. The van der Waals surface area contributed by atoms with Crippen molar-refractivity contribution in [2.75, 3.05) is 25.1 Å². The van der Waals surface area contributed by atoms with E-state index in [-0.39, 0.29) is 30.7 Å². The summed E-state index contributed by atoms with van der Waals surface area (Å²) in [5.74, 6) is -1.05. The van der Waals surface area contributed by atoms with Gasteiger partial charge in [0.2, 0.25) is 0 Å². The molecule has 21 heavy (non-hydrogen) atoms. The quantitative estimate of drug-likeness (QED) is 0.827. The van der Waals surface area contributed by atoms with Gasteiger partial charge in [0.05, 0.1) is 29.8 Å². The number of halogens is 1. The summed E-state index contributed by atoms with van der Waals surface area (Å²) in [6, 6.07) is 2.96. The minimum Gasteiger partial charge on any atom is -0.462 e. The number of ether oxygens (including phenoxy) is 1. The number of aromatic nitrogens is 1. The number of benzene rings is 1. The molecule has 2 rings (SSSR count). The third kappa shape index (κ3) is 2.95. The Bertz CT molecular complexity index is 674. The third-order valence-electron chi connectivity index (χ3n) is 3.08. The number of aliphatic hydroxyl groups is 1. The van der Waals surface area contributed by atoms with Gasteiger partial charge >= 0.3 is 5.97 Å². The fraction of sp³-hybridized carbons (Fsp3) is 0.333. The molecule has 112 valence electrons. The lowest BCUT2D eigenvalue weighted by molar-refractivity contribution is 0.0527. The Morgan fingerprint density at radius 2 is 2.24 bits per heavy atom. The van der Waals surface area contributed by atoms with Crippen molar-refractivity contribution >= 4 is 22.6 Å². The molecule has 0 unspecified atom stereocenters. The number of carbonyl (C=O) groups is 1. The molecule has 0 amide bonds. The molecule has 0 saturated heterocycles. The second-order valence-electron chi connectivity index (χ2n) is 4.51. The van der Waals surface area contributed by atoms with Gasteiger partial charge in [-0.05, 0) is 25.5 Å². The van der Waals surface area contributed by atoms with Crippen molar-refractivity contribution in [1.29, 1.82) is 0 Å². The van der Waals surface area contributed by atoms with Gasteiger partial charge < -0.3 is 15.2 Å². The first-order chi connectivity index (χ1) is 10.1. The van der Waals surface area contributed by atoms with E-state index in [0.29, 0.717) is 11.2 Å². The molecule has 2 aromatic rings. The van der Waals surface area contributed by atoms with E-state index >= 15 is 0 Å². The number of hydrogen-bond acceptors (Lipinski definition) is 5. The molecule has 1 heterocycles. The SMILES string of the molecule is CCOC(=O)c1cnc2c(C)ccc(F)c2c1NCCO. The molecule has 0 saturated carbocycles. The van der Waals surface area contributed by atoms with E-state index in [1.54, 1.807) is 13.0 Å². The average molecular weight is 292 g/mol. The van der Waals surface area contributed by atoms with Gasteiger partial charge in [-0.2, -0.15) is 0 Å². The van der Waals surface area contributed by atoms with Gasteiger partial charge in [0, 0.05) is 12.7 Å². The van der Waals surface area contributed by atoms with E-state index in [9.17, 15) is 9.18 Å². The number of esters is 1. The summed E-state index contributed by atoms with van der Waals surface area (Å²) in [5.41, 5.74) is 1.73. The van der Waals surface area contributed by atoms with Crippen molar-refractivity contribution < 1.29 is 19.0 Å². The Balaban J connectivity index is 2.69. The van der Waals surface area contributed by atoms with E-state index < -0.39 is 11.8 Å². The molecular formula is C15H17FN2O3. The molecule has 0 atom stereocenters. The molecule has 2 N–H and O–H groups in total. The van der Waals surface area contributed by atoms with Crippen LogP contribution in [0.5, 0.6) is 0 Å². The molecule has 5 nitrogen and oxygen atoms in total. The highest BCUT2D eigenvalue weighted by Gasteiger charge is 2.19. The Hall–Kier alpha value is -2.21. The first-order valence-electron chi connectivity index (χ1n) is 6.69. The minimum absolute atomic E-state index is 0.139. The van der Waals surface area contributed by atoms with Crippen LogP contribution in [-0.2, 0) is 4.74 Å². The van der Waals surface area contributed by atoms with Crippen molar-refractivity contribution in [2.24, 2.45) is 0 Å². The number of rotatable bonds is 5. The molecule has 1 aromatic carbocycles. The van der Waals surface area contributed by atoms with Crippen LogP contribution >= 0.6 is 0 Å². The van der Waals surface area contributed by atoms with Gasteiger partial charge in [-0.25, -0.2) is 9.18 Å². The standard InChI is InChI=1S/C15H17FN2O3/c1-3-21-15(20)10-8-18-13-9(2)4-5-11(16)12(13)14(10)17-6-7-19/h4-5,8,19H,3,6-7H2,1-2H3,(H,17,18). The summed E-state index contributed by atoms with van der Waals surface area (Å²) in [7, 11) is 0. The maximum Gasteiger partial charge on any atom is 0.341 e. The lowest BCUT2D eigenvalue weighted by Gasteiger charge is -2.14. The minimum atomic E-state index is -0.576. The van der Waals surface area contributed by atoms with Gasteiger partial charge in [-0.1, -0.05) is 6.07 Å². The maximum atomic E-state index is 14.2. The summed E-state index contributed by atoms with van der Waals surface area (Å²) in [5, 5.41) is 12.1. The van der Waals surface area contributed by atoms with Crippen LogP contribution in [0.2, 0.25) is 0 Å². The maximum absolute atomic E-state index is 14.2. The predicted octanol–water partition coefficient (Wildman–Crippen LogP) is 2.26. The Morgan fingerprint density at radius 1 is 1.48 bits per heavy atom. The van der Waals surface area contributed by atoms with Crippen LogP contribution < -0.4 is 5.32 Å². The van der Waals surface area contributed by atoms with Crippen LogP contribution in [0, 0.1) is 12.7 Å². The van der Waals surface area contributed by atoms with Gasteiger partial charge in [-0.3, -0.25) is 4.98 Å². The van der Waals surface area contributed by atoms with E-state index in [0.717, 1.165) is 5.56 Å². The van der Waals surface area contributed by atoms with Crippen LogP contribution in [0.3, 0.4) is 0 Å². The van der Waals surface area contributed by atoms with Crippen molar-refractivity contribution in [3.8, 4) is 0 Å². The molecule has 6 heteroatoms. The first-order valence-corrected chi connectivity index (χ1v) is 6.69. The van der Waals surface area contributed by atoms with Crippen molar-refractivity contribution in [1.82, 2.24) is 4.98 Å². The van der Waals surface area contributed by atoms with Crippen molar-refractivity contribution in [3.63, 3.8) is 0 Å². The molecular weight excluding hydrogens is 275 g/mol. The summed E-state index contributed by atoms with van der Waals surface area (Å²) in [6.45, 7) is 3.78. The normalized spacial score (nSPS) is 10.7. The Morgan fingerprint density at radius 3 is 2.90 bits per heavy atom. The number of fused-ring (bicyclic) bond motifs is 1. The summed E-state index contributed by atoms with van der Waals surface area (Å²) >= 11 is 0. The first kappa shape index (κ1) is 15.2. The fourth-order valence-corrected chi connectivity index (χ4v) is 2.13. The summed E-state index contributed by atoms with van der Waals surface area (Å²) in [6.07, 6.45) is 1.37. The molecule has 0 aliphatic rings. The molecule has 0 fully saturated rings.